The molecule has 1 aliphatic heterocycles. The van der Waals surface area contributed by atoms with Gasteiger partial charge in [0.2, 0.25) is 5.91 Å². The van der Waals surface area contributed by atoms with Gasteiger partial charge in [-0.05, 0) is 42.9 Å². The van der Waals surface area contributed by atoms with Gasteiger partial charge in [-0.15, -0.1) is 0 Å². The van der Waals surface area contributed by atoms with E-state index in [9.17, 15) is 4.79 Å². The van der Waals surface area contributed by atoms with Crippen molar-refractivity contribution in [2.75, 3.05) is 12.3 Å². The first kappa shape index (κ1) is 12.5. The molecule has 1 saturated heterocycles. The van der Waals surface area contributed by atoms with Gasteiger partial charge in [-0.2, -0.15) is 0 Å². The Bertz CT molecular complexity index is 454. The Hall–Kier alpha value is -1.55. The van der Waals surface area contributed by atoms with E-state index in [1.54, 1.807) is 0 Å². The summed E-state index contributed by atoms with van der Waals surface area (Å²) in [6.45, 7) is 0.772. The predicted molar refractivity (Wildman–Crippen MR) is 73.6 cm³/mol. The maximum Gasteiger partial charge on any atom is 0.224 e. The van der Waals surface area contributed by atoms with Crippen LogP contribution in [-0.4, -0.2) is 24.7 Å². The number of rotatable bonds is 4. The van der Waals surface area contributed by atoms with Crippen LogP contribution in [0.25, 0.3) is 0 Å². The number of anilines is 1. The zero-order valence-corrected chi connectivity index (χ0v) is 11.0. The van der Waals surface area contributed by atoms with E-state index in [0.717, 1.165) is 24.3 Å². The monoisotopic (exact) mass is 260 g/mol. The van der Waals surface area contributed by atoms with Gasteiger partial charge in [0.1, 0.15) is 0 Å². The summed E-state index contributed by atoms with van der Waals surface area (Å²) in [6.07, 6.45) is 4.09. The van der Waals surface area contributed by atoms with Crippen molar-refractivity contribution in [1.82, 2.24) is 5.32 Å². The second-order valence-electron chi connectivity index (χ2n) is 5.55. The summed E-state index contributed by atoms with van der Waals surface area (Å²) in [7, 11) is 0. The summed E-state index contributed by atoms with van der Waals surface area (Å²) in [5.74, 6) is 0.746. The highest BCUT2D eigenvalue weighted by Crippen LogP contribution is 2.38. The number of nitrogens with two attached hydrogens (primary N) is 1. The number of hydrogen-bond acceptors (Lipinski definition) is 3. The molecular formula is C15H20N2O2. The van der Waals surface area contributed by atoms with Gasteiger partial charge in [0, 0.05) is 12.3 Å². The molecule has 2 unspecified atom stereocenters. The lowest BCUT2D eigenvalue weighted by molar-refractivity contribution is -0.121. The largest absolute Gasteiger partial charge is 0.399 e. The quantitative estimate of drug-likeness (QED) is 0.806. The normalized spacial score (nSPS) is 26.3. The number of carbonyl (C=O) groups is 1. The molecule has 0 radical (unpaired) electrons. The van der Waals surface area contributed by atoms with Crippen LogP contribution >= 0.6 is 0 Å². The fourth-order valence-electron chi connectivity index (χ4n) is 2.73. The van der Waals surface area contributed by atoms with Gasteiger partial charge in [0.05, 0.1) is 18.6 Å². The van der Waals surface area contributed by atoms with Crippen molar-refractivity contribution < 1.29 is 9.53 Å². The van der Waals surface area contributed by atoms with E-state index in [1.807, 2.05) is 24.3 Å². The van der Waals surface area contributed by atoms with E-state index in [4.69, 9.17) is 10.5 Å². The van der Waals surface area contributed by atoms with Crippen molar-refractivity contribution >= 4 is 11.6 Å². The molecule has 102 valence electrons. The molecule has 2 aliphatic rings. The molecular weight excluding hydrogens is 240 g/mol. The number of hydrogen-bond donors (Lipinski definition) is 2. The first-order chi connectivity index (χ1) is 9.22. The van der Waals surface area contributed by atoms with E-state index in [0.29, 0.717) is 12.3 Å². The Morgan fingerprint density at radius 3 is 2.68 bits per heavy atom. The molecule has 2 fully saturated rings. The molecule has 1 aromatic carbocycles. The highest BCUT2D eigenvalue weighted by atomic mass is 16.5. The van der Waals surface area contributed by atoms with Crippen molar-refractivity contribution in [2.24, 2.45) is 5.92 Å². The molecule has 1 amide bonds. The lowest BCUT2D eigenvalue weighted by atomic mass is 10.1. The number of nitrogen functional groups attached to an aromatic ring is 1. The molecule has 3 rings (SSSR count). The molecule has 3 N–H and O–H groups in total. The van der Waals surface area contributed by atoms with E-state index >= 15 is 0 Å². The Morgan fingerprint density at radius 2 is 2.00 bits per heavy atom. The van der Waals surface area contributed by atoms with E-state index in [1.165, 1.54) is 12.8 Å². The van der Waals surface area contributed by atoms with Crippen LogP contribution in [0.4, 0.5) is 5.69 Å². The van der Waals surface area contributed by atoms with Crippen LogP contribution in [0, 0.1) is 5.92 Å². The fraction of sp³-hybridized carbons (Fsp3) is 0.533. The maximum absolute atomic E-state index is 12.0. The first-order valence-electron chi connectivity index (χ1n) is 6.98. The Balaban J connectivity index is 1.54. The molecule has 1 saturated carbocycles. The minimum Gasteiger partial charge on any atom is -0.399 e. The molecule has 0 bridgehead atoms. The molecule has 4 heteroatoms. The topological polar surface area (TPSA) is 64.4 Å². The molecule has 1 heterocycles. The molecule has 4 nitrogen and oxygen atoms in total. The van der Waals surface area contributed by atoms with Crippen molar-refractivity contribution in [2.45, 2.75) is 37.8 Å². The summed E-state index contributed by atoms with van der Waals surface area (Å²) in [5, 5.41) is 3.12. The van der Waals surface area contributed by atoms with Gasteiger partial charge in [-0.3, -0.25) is 4.79 Å². The molecule has 19 heavy (non-hydrogen) atoms. The van der Waals surface area contributed by atoms with E-state index in [-0.39, 0.29) is 18.1 Å². The lowest BCUT2D eigenvalue weighted by Gasteiger charge is -2.19. The standard InChI is InChI=1S/C15H20N2O2/c16-12-5-1-10(2-6-12)9-14(18)17-13-7-8-19-15(13)11-3-4-11/h1-2,5-6,11,13,15H,3-4,7-9,16H2,(H,17,18). The van der Waals surface area contributed by atoms with Gasteiger partial charge in [-0.1, -0.05) is 12.1 Å². The smallest absolute Gasteiger partial charge is 0.224 e. The van der Waals surface area contributed by atoms with E-state index in [2.05, 4.69) is 5.32 Å². The lowest BCUT2D eigenvalue weighted by Crippen LogP contribution is -2.42. The highest BCUT2D eigenvalue weighted by molar-refractivity contribution is 5.79. The number of ether oxygens (including phenoxy) is 1. The fourth-order valence-corrected chi connectivity index (χ4v) is 2.73. The first-order valence-corrected chi connectivity index (χ1v) is 6.98. The number of nitrogens with one attached hydrogen (secondary N) is 1. The van der Waals surface area contributed by atoms with Crippen molar-refractivity contribution in [3.05, 3.63) is 29.8 Å². The van der Waals surface area contributed by atoms with E-state index < -0.39 is 0 Å². The number of carbonyl (C=O) groups excluding carboxylic acids is 1. The van der Waals surface area contributed by atoms with Crippen LogP contribution in [0.2, 0.25) is 0 Å². The maximum atomic E-state index is 12.0. The molecule has 1 aliphatic carbocycles. The Labute approximate surface area is 113 Å². The van der Waals surface area contributed by atoms with Crippen molar-refractivity contribution in [3.8, 4) is 0 Å². The summed E-state index contributed by atoms with van der Waals surface area (Å²) in [5.41, 5.74) is 7.35. The number of benzene rings is 1. The Kier molecular flexibility index (Phi) is 3.42. The summed E-state index contributed by atoms with van der Waals surface area (Å²) >= 11 is 0. The number of amides is 1. The average molecular weight is 260 g/mol. The SMILES string of the molecule is Nc1ccc(CC(=O)NC2CCOC2C2CC2)cc1. The third kappa shape index (κ3) is 3.07. The minimum absolute atomic E-state index is 0.0749. The average Bonchev–Trinajstić information content (AvgIpc) is 3.13. The van der Waals surface area contributed by atoms with Gasteiger partial charge >= 0.3 is 0 Å². The zero-order valence-electron chi connectivity index (χ0n) is 11.0. The third-order valence-electron chi connectivity index (χ3n) is 3.91. The highest BCUT2D eigenvalue weighted by Gasteiger charge is 2.41. The molecule has 1 aromatic rings. The minimum atomic E-state index is 0.0749. The molecule has 0 aromatic heterocycles. The van der Waals surface area contributed by atoms with Crippen LogP contribution in [0.1, 0.15) is 24.8 Å². The van der Waals surface area contributed by atoms with Crippen LogP contribution in [0.3, 0.4) is 0 Å². The second kappa shape index (κ2) is 5.21. The third-order valence-corrected chi connectivity index (χ3v) is 3.91. The summed E-state index contributed by atoms with van der Waals surface area (Å²) in [6, 6.07) is 7.66. The van der Waals surface area contributed by atoms with Gasteiger partial charge in [0.25, 0.3) is 0 Å². The van der Waals surface area contributed by atoms with Gasteiger partial charge < -0.3 is 15.8 Å². The molecule has 2 atom stereocenters. The van der Waals surface area contributed by atoms with Crippen LogP contribution in [-0.2, 0) is 16.0 Å². The van der Waals surface area contributed by atoms with Crippen LogP contribution in [0.15, 0.2) is 24.3 Å². The van der Waals surface area contributed by atoms with Crippen LogP contribution in [0.5, 0.6) is 0 Å². The van der Waals surface area contributed by atoms with Crippen LogP contribution < -0.4 is 11.1 Å². The Morgan fingerprint density at radius 1 is 1.26 bits per heavy atom. The van der Waals surface area contributed by atoms with Crippen molar-refractivity contribution in [3.63, 3.8) is 0 Å². The second-order valence-corrected chi connectivity index (χ2v) is 5.55. The van der Waals surface area contributed by atoms with Gasteiger partial charge in [-0.25, -0.2) is 0 Å². The van der Waals surface area contributed by atoms with Crippen molar-refractivity contribution in [1.29, 1.82) is 0 Å². The molecule has 0 spiro atoms. The summed E-state index contributed by atoms with van der Waals surface area (Å²) < 4.78 is 5.73. The summed E-state index contributed by atoms with van der Waals surface area (Å²) in [4.78, 5) is 12.0. The van der Waals surface area contributed by atoms with Gasteiger partial charge in [0.15, 0.2) is 0 Å². The predicted octanol–water partition coefficient (Wildman–Crippen LogP) is 1.49. The zero-order chi connectivity index (χ0) is 13.2.